The van der Waals surface area contributed by atoms with Crippen molar-refractivity contribution >= 4 is 23.7 Å². The van der Waals surface area contributed by atoms with Crippen molar-refractivity contribution in [3.05, 3.63) is 35.9 Å². The van der Waals surface area contributed by atoms with Gasteiger partial charge in [-0.1, -0.05) is 30.3 Å². The Bertz CT molecular complexity index is 718. The molecule has 0 N–H and O–H groups in total. The fraction of sp³-hybridized carbons (Fsp3) is 0.474. The lowest BCUT2D eigenvalue weighted by molar-refractivity contribution is -0.157. The van der Waals surface area contributed by atoms with E-state index in [4.69, 9.17) is 4.74 Å². The van der Waals surface area contributed by atoms with Gasteiger partial charge in [-0.05, 0) is 18.9 Å². The van der Waals surface area contributed by atoms with Crippen LogP contribution in [0.3, 0.4) is 0 Å². The molecule has 3 rings (SSSR count). The number of hydrogen-bond donors (Lipinski definition) is 0. The maximum absolute atomic E-state index is 12.3. The van der Waals surface area contributed by atoms with E-state index in [0.29, 0.717) is 19.4 Å². The van der Waals surface area contributed by atoms with Crippen LogP contribution in [0.1, 0.15) is 37.8 Å². The number of benzene rings is 1. The van der Waals surface area contributed by atoms with E-state index in [-0.39, 0.29) is 30.8 Å². The first-order valence-electron chi connectivity index (χ1n) is 8.81. The van der Waals surface area contributed by atoms with E-state index in [1.807, 2.05) is 37.3 Å². The second-order valence-electron chi connectivity index (χ2n) is 6.68. The standard InChI is InChI=1S/C19H22N2O5/c1-13(14-6-3-2-4-7-14)21-11-15(10-17(21)23)19(25)26-12-18(24)20-9-5-8-16(20)22/h2-4,6-7,13,15H,5,8-12H2,1H3/t13-,15+/m1/s1. The zero-order chi connectivity index (χ0) is 18.7. The summed E-state index contributed by atoms with van der Waals surface area (Å²) in [6, 6.07) is 9.47. The summed E-state index contributed by atoms with van der Waals surface area (Å²) >= 11 is 0. The minimum absolute atomic E-state index is 0.0762. The number of carbonyl (C=O) groups excluding carboxylic acids is 4. The molecule has 1 aromatic rings. The molecule has 0 spiro atoms. The molecule has 2 saturated heterocycles. The fourth-order valence-corrected chi connectivity index (χ4v) is 3.42. The van der Waals surface area contributed by atoms with Gasteiger partial charge in [0, 0.05) is 25.9 Å². The Labute approximate surface area is 151 Å². The summed E-state index contributed by atoms with van der Waals surface area (Å²) in [4.78, 5) is 50.8. The van der Waals surface area contributed by atoms with Crippen LogP contribution in [0.2, 0.25) is 0 Å². The first-order valence-corrected chi connectivity index (χ1v) is 8.81. The molecule has 26 heavy (non-hydrogen) atoms. The lowest BCUT2D eigenvalue weighted by Crippen LogP contribution is -2.36. The highest BCUT2D eigenvalue weighted by Gasteiger charge is 2.38. The van der Waals surface area contributed by atoms with Gasteiger partial charge in [0.2, 0.25) is 11.8 Å². The maximum atomic E-state index is 12.3. The molecule has 1 aromatic carbocycles. The molecule has 0 saturated carbocycles. The number of nitrogens with zero attached hydrogens (tertiary/aromatic N) is 2. The smallest absolute Gasteiger partial charge is 0.311 e. The molecule has 2 heterocycles. The summed E-state index contributed by atoms with van der Waals surface area (Å²) in [6.45, 7) is 2.11. The van der Waals surface area contributed by atoms with Crippen molar-refractivity contribution < 1.29 is 23.9 Å². The van der Waals surface area contributed by atoms with Crippen LogP contribution in [0, 0.1) is 5.92 Å². The number of carbonyl (C=O) groups is 4. The minimum atomic E-state index is -0.587. The van der Waals surface area contributed by atoms with Crippen LogP contribution in [-0.2, 0) is 23.9 Å². The number of imide groups is 1. The quantitative estimate of drug-likeness (QED) is 0.741. The molecular formula is C19H22N2O5. The minimum Gasteiger partial charge on any atom is -0.455 e. The van der Waals surface area contributed by atoms with Crippen molar-refractivity contribution in [3.8, 4) is 0 Å². The topological polar surface area (TPSA) is 84.0 Å². The molecular weight excluding hydrogens is 336 g/mol. The van der Waals surface area contributed by atoms with Crippen molar-refractivity contribution in [2.75, 3.05) is 19.7 Å². The van der Waals surface area contributed by atoms with Crippen LogP contribution < -0.4 is 0 Å². The van der Waals surface area contributed by atoms with Gasteiger partial charge in [-0.25, -0.2) is 0 Å². The third kappa shape index (κ3) is 3.76. The second-order valence-corrected chi connectivity index (χ2v) is 6.68. The fourth-order valence-electron chi connectivity index (χ4n) is 3.42. The predicted octanol–water partition coefficient (Wildman–Crippen LogP) is 1.29. The van der Waals surface area contributed by atoms with Crippen molar-refractivity contribution in [1.29, 1.82) is 0 Å². The third-order valence-corrected chi connectivity index (χ3v) is 4.95. The number of esters is 1. The molecule has 2 aliphatic heterocycles. The first-order chi connectivity index (χ1) is 12.5. The van der Waals surface area contributed by atoms with Crippen LogP contribution in [-0.4, -0.2) is 53.2 Å². The van der Waals surface area contributed by atoms with Gasteiger partial charge in [-0.15, -0.1) is 0 Å². The highest BCUT2D eigenvalue weighted by Crippen LogP contribution is 2.29. The Morgan fingerprint density at radius 3 is 2.58 bits per heavy atom. The highest BCUT2D eigenvalue weighted by atomic mass is 16.5. The average Bonchev–Trinajstić information content (AvgIpc) is 3.25. The Kier molecular flexibility index (Phi) is 5.35. The zero-order valence-corrected chi connectivity index (χ0v) is 14.7. The summed E-state index contributed by atoms with van der Waals surface area (Å²) in [5.74, 6) is -1.99. The number of hydrogen-bond acceptors (Lipinski definition) is 5. The van der Waals surface area contributed by atoms with Gasteiger partial charge in [0.05, 0.1) is 12.0 Å². The van der Waals surface area contributed by atoms with E-state index in [9.17, 15) is 19.2 Å². The van der Waals surface area contributed by atoms with Crippen molar-refractivity contribution in [2.45, 2.75) is 32.2 Å². The van der Waals surface area contributed by atoms with Crippen LogP contribution in [0.5, 0.6) is 0 Å². The van der Waals surface area contributed by atoms with Gasteiger partial charge in [0.1, 0.15) is 0 Å². The lowest BCUT2D eigenvalue weighted by Gasteiger charge is -2.25. The van der Waals surface area contributed by atoms with Gasteiger partial charge < -0.3 is 9.64 Å². The highest BCUT2D eigenvalue weighted by molar-refractivity contribution is 5.98. The SMILES string of the molecule is C[C@H](c1ccccc1)N1C[C@@H](C(=O)OCC(=O)N2CCCC2=O)CC1=O. The zero-order valence-electron chi connectivity index (χ0n) is 14.7. The van der Waals surface area contributed by atoms with Gasteiger partial charge in [0.15, 0.2) is 6.61 Å². The summed E-state index contributed by atoms with van der Waals surface area (Å²) in [5, 5.41) is 0. The van der Waals surface area contributed by atoms with E-state index in [0.717, 1.165) is 10.5 Å². The Morgan fingerprint density at radius 2 is 1.92 bits per heavy atom. The summed E-state index contributed by atoms with van der Waals surface area (Å²) in [7, 11) is 0. The van der Waals surface area contributed by atoms with Crippen LogP contribution in [0.25, 0.3) is 0 Å². The first kappa shape index (κ1) is 18.1. The summed E-state index contributed by atoms with van der Waals surface area (Å²) in [5.41, 5.74) is 0.998. The van der Waals surface area contributed by atoms with Crippen molar-refractivity contribution in [2.24, 2.45) is 5.92 Å². The van der Waals surface area contributed by atoms with Gasteiger partial charge in [-0.2, -0.15) is 0 Å². The monoisotopic (exact) mass is 358 g/mol. The van der Waals surface area contributed by atoms with Crippen LogP contribution in [0.15, 0.2) is 30.3 Å². The molecule has 2 aliphatic rings. The summed E-state index contributed by atoms with van der Waals surface area (Å²) < 4.78 is 5.07. The molecule has 7 heteroatoms. The summed E-state index contributed by atoms with van der Waals surface area (Å²) in [6.07, 6.45) is 1.07. The van der Waals surface area contributed by atoms with Crippen molar-refractivity contribution in [1.82, 2.24) is 9.80 Å². The molecule has 0 radical (unpaired) electrons. The van der Waals surface area contributed by atoms with Crippen LogP contribution in [0.4, 0.5) is 0 Å². The molecule has 3 amide bonds. The number of rotatable bonds is 5. The van der Waals surface area contributed by atoms with E-state index >= 15 is 0 Å². The third-order valence-electron chi connectivity index (χ3n) is 4.95. The van der Waals surface area contributed by atoms with E-state index < -0.39 is 24.4 Å². The number of likely N-dealkylation sites (tertiary alicyclic amines) is 2. The van der Waals surface area contributed by atoms with Crippen LogP contribution >= 0.6 is 0 Å². The van der Waals surface area contributed by atoms with Gasteiger partial charge in [-0.3, -0.25) is 24.1 Å². The molecule has 0 bridgehead atoms. The van der Waals surface area contributed by atoms with E-state index in [1.54, 1.807) is 4.90 Å². The van der Waals surface area contributed by atoms with Gasteiger partial charge in [0.25, 0.3) is 5.91 Å². The van der Waals surface area contributed by atoms with Crippen molar-refractivity contribution in [3.63, 3.8) is 0 Å². The normalized spacial score (nSPS) is 21.2. The molecule has 138 valence electrons. The molecule has 0 aliphatic carbocycles. The maximum Gasteiger partial charge on any atom is 0.311 e. The molecule has 7 nitrogen and oxygen atoms in total. The predicted molar refractivity (Wildman–Crippen MR) is 91.6 cm³/mol. The Morgan fingerprint density at radius 1 is 1.19 bits per heavy atom. The Hall–Kier alpha value is -2.70. The second kappa shape index (κ2) is 7.68. The largest absolute Gasteiger partial charge is 0.455 e. The Balaban J connectivity index is 1.54. The number of amides is 3. The number of ether oxygens (including phenoxy) is 1. The van der Waals surface area contributed by atoms with Gasteiger partial charge >= 0.3 is 5.97 Å². The molecule has 0 aromatic heterocycles. The van der Waals surface area contributed by atoms with E-state index in [2.05, 4.69) is 0 Å². The average molecular weight is 358 g/mol. The lowest BCUT2D eigenvalue weighted by atomic mass is 10.1. The molecule has 2 fully saturated rings. The molecule has 2 atom stereocenters. The molecule has 0 unspecified atom stereocenters. The van der Waals surface area contributed by atoms with E-state index in [1.165, 1.54) is 0 Å².